The number of nitrogens with zero attached hydrogens (tertiary/aromatic N) is 1. The standard InChI is InChI=1S/C32H38N2O4/c1-20(2)18-28-27(19-33-31(37)38-32(5,6)7)29(24-14-12-21(3)13-15-24)25(22(4)34-28)17-16-23-10-8-9-11-26(23)30(35)36/h8-17,20H,18-19H2,1-7H3,(H,33,37)(H,35,36). The van der Waals surface area contributed by atoms with Crippen LogP contribution in [0, 0.1) is 19.8 Å². The van der Waals surface area contributed by atoms with Gasteiger partial charge in [-0.05, 0) is 69.7 Å². The van der Waals surface area contributed by atoms with Gasteiger partial charge in [-0.2, -0.15) is 0 Å². The summed E-state index contributed by atoms with van der Waals surface area (Å²) in [5.74, 6) is -0.620. The first kappa shape index (κ1) is 28.6. The van der Waals surface area contributed by atoms with Crippen molar-refractivity contribution < 1.29 is 19.4 Å². The summed E-state index contributed by atoms with van der Waals surface area (Å²) < 4.78 is 5.50. The molecule has 0 bridgehead atoms. The van der Waals surface area contributed by atoms with Crippen molar-refractivity contribution in [3.8, 4) is 11.1 Å². The highest BCUT2D eigenvalue weighted by atomic mass is 16.6. The molecule has 0 radical (unpaired) electrons. The molecule has 0 aliphatic heterocycles. The Bertz CT molecular complexity index is 1330. The van der Waals surface area contributed by atoms with Crippen LogP contribution in [0.3, 0.4) is 0 Å². The molecule has 6 nitrogen and oxygen atoms in total. The smallest absolute Gasteiger partial charge is 0.407 e. The van der Waals surface area contributed by atoms with Gasteiger partial charge in [0.2, 0.25) is 0 Å². The highest BCUT2D eigenvalue weighted by Crippen LogP contribution is 2.34. The van der Waals surface area contributed by atoms with Crippen molar-refractivity contribution >= 4 is 24.2 Å². The molecule has 0 aliphatic carbocycles. The van der Waals surface area contributed by atoms with E-state index in [9.17, 15) is 14.7 Å². The molecule has 1 amide bonds. The first-order chi connectivity index (χ1) is 17.9. The van der Waals surface area contributed by atoms with Crippen LogP contribution >= 0.6 is 0 Å². The number of hydrogen-bond donors (Lipinski definition) is 2. The van der Waals surface area contributed by atoms with Gasteiger partial charge >= 0.3 is 12.1 Å². The third-order valence-electron chi connectivity index (χ3n) is 5.98. The lowest BCUT2D eigenvalue weighted by Crippen LogP contribution is -2.32. The van der Waals surface area contributed by atoms with Gasteiger partial charge in [-0.15, -0.1) is 0 Å². The molecule has 1 heterocycles. The number of amides is 1. The van der Waals surface area contributed by atoms with Crippen LogP contribution in [0.5, 0.6) is 0 Å². The number of ether oxygens (including phenoxy) is 1. The number of alkyl carbamates (subject to hydrolysis) is 1. The van der Waals surface area contributed by atoms with Crippen molar-refractivity contribution in [1.82, 2.24) is 10.3 Å². The molecule has 2 aromatic carbocycles. The van der Waals surface area contributed by atoms with E-state index in [2.05, 4.69) is 43.4 Å². The zero-order chi connectivity index (χ0) is 28.0. The number of hydrogen-bond acceptors (Lipinski definition) is 4. The number of carbonyl (C=O) groups is 2. The van der Waals surface area contributed by atoms with Crippen LogP contribution < -0.4 is 5.32 Å². The van der Waals surface area contributed by atoms with Crippen LogP contribution in [0.15, 0.2) is 48.5 Å². The lowest BCUT2D eigenvalue weighted by atomic mass is 9.89. The average molecular weight is 515 g/mol. The normalized spacial score (nSPS) is 11.7. The van der Waals surface area contributed by atoms with Gasteiger partial charge < -0.3 is 15.2 Å². The first-order valence-corrected chi connectivity index (χ1v) is 12.9. The Balaban J connectivity index is 2.22. The van der Waals surface area contributed by atoms with Crippen LogP contribution in [0.1, 0.15) is 78.6 Å². The number of carboxylic acids is 1. The lowest BCUT2D eigenvalue weighted by Gasteiger charge is -2.23. The SMILES string of the molecule is Cc1ccc(-c2c(C=Cc3ccccc3C(=O)O)c(C)nc(CC(C)C)c2CNC(=O)OC(C)(C)C)cc1. The Hall–Kier alpha value is -3.93. The van der Waals surface area contributed by atoms with Gasteiger partial charge in [0, 0.05) is 29.1 Å². The van der Waals surface area contributed by atoms with Gasteiger partial charge in [-0.25, -0.2) is 9.59 Å². The molecule has 0 fully saturated rings. The summed E-state index contributed by atoms with van der Waals surface area (Å²) in [7, 11) is 0. The molecule has 38 heavy (non-hydrogen) atoms. The van der Waals surface area contributed by atoms with E-state index in [0.29, 0.717) is 11.5 Å². The topological polar surface area (TPSA) is 88.5 Å². The molecule has 0 unspecified atom stereocenters. The molecule has 0 saturated heterocycles. The number of aromatic carboxylic acids is 1. The molecule has 3 aromatic rings. The molecule has 2 N–H and O–H groups in total. The van der Waals surface area contributed by atoms with Crippen molar-refractivity contribution in [3.63, 3.8) is 0 Å². The summed E-state index contributed by atoms with van der Waals surface area (Å²) >= 11 is 0. The number of aromatic nitrogens is 1. The number of carbonyl (C=O) groups excluding carboxylic acids is 1. The number of rotatable bonds is 8. The number of carboxylic acid groups (broad SMARTS) is 1. The zero-order valence-corrected chi connectivity index (χ0v) is 23.4. The summed E-state index contributed by atoms with van der Waals surface area (Å²) in [6.45, 7) is 14.0. The second-order valence-corrected chi connectivity index (χ2v) is 11.0. The van der Waals surface area contributed by atoms with E-state index < -0.39 is 17.7 Å². The second kappa shape index (κ2) is 12.1. The van der Waals surface area contributed by atoms with Crippen LogP contribution in [0.2, 0.25) is 0 Å². The Labute approximate surface area is 225 Å². The van der Waals surface area contributed by atoms with Gasteiger partial charge in [0.25, 0.3) is 0 Å². The molecule has 1 aromatic heterocycles. The van der Waals surface area contributed by atoms with E-state index in [1.807, 2.05) is 52.8 Å². The predicted molar refractivity (Wildman–Crippen MR) is 153 cm³/mol. The molecule has 0 spiro atoms. The van der Waals surface area contributed by atoms with Crippen molar-refractivity contribution in [2.24, 2.45) is 5.92 Å². The van der Waals surface area contributed by atoms with Crippen molar-refractivity contribution in [2.75, 3.05) is 0 Å². The van der Waals surface area contributed by atoms with Gasteiger partial charge in [0.15, 0.2) is 0 Å². The maximum absolute atomic E-state index is 12.6. The average Bonchev–Trinajstić information content (AvgIpc) is 2.81. The van der Waals surface area contributed by atoms with Crippen molar-refractivity contribution in [3.05, 3.63) is 87.7 Å². The van der Waals surface area contributed by atoms with Gasteiger partial charge in [-0.3, -0.25) is 4.98 Å². The second-order valence-electron chi connectivity index (χ2n) is 11.0. The Kier molecular flexibility index (Phi) is 9.10. The lowest BCUT2D eigenvalue weighted by molar-refractivity contribution is 0.0523. The highest BCUT2D eigenvalue weighted by Gasteiger charge is 2.21. The van der Waals surface area contributed by atoms with Gasteiger partial charge in [0.1, 0.15) is 5.60 Å². The van der Waals surface area contributed by atoms with Crippen LogP contribution in [0.4, 0.5) is 4.79 Å². The maximum Gasteiger partial charge on any atom is 0.407 e. The van der Waals surface area contributed by atoms with Crippen molar-refractivity contribution in [1.29, 1.82) is 0 Å². The molecule has 0 atom stereocenters. The monoisotopic (exact) mass is 514 g/mol. The fourth-order valence-corrected chi connectivity index (χ4v) is 4.30. The van der Waals surface area contributed by atoms with Crippen molar-refractivity contribution in [2.45, 2.75) is 67.0 Å². The fourth-order valence-electron chi connectivity index (χ4n) is 4.30. The first-order valence-electron chi connectivity index (χ1n) is 12.9. The molecular formula is C32H38N2O4. The third-order valence-corrected chi connectivity index (χ3v) is 5.98. The zero-order valence-electron chi connectivity index (χ0n) is 23.4. The fraction of sp³-hybridized carbons (Fsp3) is 0.344. The van der Waals surface area contributed by atoms with Crippen LogP contribution in [-0.4, -0.2) is 27.8 Å². The summed E-state index contributed by atoms with van der Waals surface area (Å²) in [5.41, 5.74) is 6.89. The van der Waals surface area contributed by atoms with E-state index >= 15 is 0 Å². The molecule has 0 saturated carbocycles. The minimum atomic E-state index is -0.978. The highest BCUT2D eigenvalue weighted by molar-refractivity contribution is 5.94. The van der Waals surface area contributed by atoms with E-state index in [1.54, 1.807) is 18.2 Å². The predicted octanol–water partition coefficient (Wildman–Crippen LogP) is 7.46. The van der Waals surface area contributed by atoms with Crippen LogP contribution in [-0.2, 0) is 17.7 Å². The largest absolute Gasteiger partial charge is 0.478 e. The van der Waals surface area contributed by atoms with Crippen LogP contribution in [0.25, 0.3) is 23.3 Å². The minimum Gasteiger partial charge on any atom is -0.478 e. The molecule has 200 valence electrons. The van der Waals surface area contributed by atoms with E-state index in [0.717, 1.165) is 45.6 Å². The minimum absolute atomic E-state index is 0.231. The quantitative estimate of drug-likeness (QED) is 0.326. The molecule has 6 heteroatoms. The summed E-state index contributed by atoms with van der Waals surface area (Å²) in [4.78, 5) is 29.3. The summed E-state index contributed by atoms with van der Waals surface area (Å²) in [6.07, 6.45) is 4.00. The van der Waals surface area contributed by atoms with E-state index in [1.165, 1.54) is 0 Å². The van der Waals surface area contributed by atoms with Gasteiger partial charge in [0.05, 0.1) is 5.56 Å². The Morgan fingerprint density at radius 2 is 1.68 bits per heavy atom. The number of aryl methyl sites for hydroxylation is 2. The molecular weight excluding hydrogens is 476 g/mol. The summed E-state index contributed by atoms with van der Waals surface area (Å²) in [6, 6.07) is 15.2. The number of nitrogens with one attached hydrogen (secondary N) is 1. The number of pyridine rings is 1. The third kappa shape index (κ3) is 7.54. The maximum atomic E-state index is 12.6. The summed E-state index contributed by atoms with van der Waals surface area (Å²) in [5, 5.41) is 12.6. The molecule has 0 aliphatic rings. The molecule has 3 rings (SSSR count). The van der Waals surface area contributed by atoms with Gasteiger partial charge in [-0.1, -0.05) is 74.0 Å². The Morgan fingerprint density at radius 3 is 2.29 bits per heavy atom. The van der Waals surface area contributed by atoms with E-state index in [4.69, 9.17) is 9.72 Å². The van der Waals surface area contributed by atoms with E-state index in [-0.39, 0.29) is 12.1 Å². The number of benzene rings is 2. The Morgan fingerprint density at radius 1 is 1.03 bits per heavy atom.